The molecule has 25 heavy (non-hydrogen) atoms. The molecule has 0 aliphatic carbocycles. The summed E-state index contributed by atoms with van der Waals surface area (Å²) in [6.07, 6.45) is 3.83. The summed E-state index contributed by atoms with van der Waals surface area (Å²) in [5.74, 6) is 0.261. The third-order valence-electron chi connectivity index (χ3n) is 5.30. The molecule has 0 radical (unpaired) electrons. The van der Waals surface area contributed by atoms with E-state index in [2.05, 4.69) is 12.1 Å². The summed E-state index contributed by atoms with van der Waals surface area (Å²) in [6, 6.07) is 10.2. The summed E-state index contributed by atoms with van der Waals surface area (Å²) < 4.78 is 6.00. The largest absolute Gasteiger partial charge is 0.373 e. The van der Waals surface area contributed by atoms with Crippen molar-refractivity contribution in [2.45, 2.75) is 45.3 Å². The fourth-order valence-corrected chi connectivity index (χ4v) is 3.75. The third kappa shape index (κ3) is 4.82. The summed E-state index contributed by atoms with van der Waals surface area (Å²) in [7, 11) is 0. The van der Waals surface area contributed by atoms with Gasteiger partial charge in [0, 0.05) is 33.1 Å². The van der Waals surface area contributed by atoms with E-state index in [9.17, 15) is 9.59 Å². The van der Waals surface area contributed by atoms with Crippen molar-refractivity contribution >= 4 is 11.8 Å². The number of hydrogen-bond acceptors (Lipinski definition) is 3. The molecule has 5 nitrogen and oxygen atoms in total. The summed E-state index contributed by atoms with van der Waals surface area (Å²) in [6.45, 7) is 5.11. The monoisotopic (exact) mass is 344 g/mol. The first-order valence-corrected chi connectivity index (χ1v) is 9.33. The lowest BCUT2D eigenvalue weighted by atomic mass is 9.95. The van der Waals surface area contributed by atoms with Gasteiger partial charge in [-0.2, -0.15) is 0 Å². The molecule has 5 heteroatoms. The van der Waals surface area contributed by atoms with E-state index in [0.29, 0.717) is 13.2 Å². The van der Waals surface area contributed by atoms with E-state index in [-0.39, 0.29) is 23.8 Å². The first kappa shape index (κ1) is 17.9. The molecular weight excluding hydrogens is 316 g/mol. The number of nitrogens with zero attached hydrogens (tertiary/aromatic N) is 2. The maximum atomic E-state index is 12.8. The zero-order chi connectivity index (χ0) is 17.6. The summed E-state index contributed by atoms with van der Waals surface area (Å²) in [4.78, 5) is 28.1. The molecule has 1 atom stereocenters. The van der Waals surface area contributed by atoms with Gasteiger partial charge in [0.2, 0.25) is 11.8 Å². The van der Waals surface area contributed by atoms with Gasteiger partial charge in [0.1, 0.15) is 0 Å². The van der Waals surface area contributed by atoms with Crippen LogP contribution in [0.1, 0.15) is 38.2 Å². The van der Waals surface area contributed by atoms with Crippen molar-refractivity contribution in [3.8, 4) is 0 Å². The van der Waals surface area contributed by atoms with Crippen molar-refractivity contribution in [2.75, 3.05) is 26.2 Å². The van der Waals surface area contributed by atoms with Crippen molar-refractivity contribution < 1.29 is 14.3 Å². The fourth-order valence-electron chi connectivity index (χ4n) is 3.75. The Kier molecular flexibility index (Phi) is 6.08. The van der Waals surface area contributed by atoms with Gasteiger partial charge in [-0.3, -0.25) is 9.59 Å². The van der Waals surface area contributed by atoms with Gasteiger partial charge in [0.05, 0.1) is 18.6 Å². The minimum Gasteiger partial charge on any atom is -0.373 e. The number of carbonyl (C=O) groups excluding carboxylic acids is 2. The maximum absolute atomic E-state index is 12.8. The third-order valence-corrected chi connectivity index (χ3v) is 5.30. The molecule has 0 spiro atoms. The Morgan fingerprint density at radius 1 is 1.04 bits per heavy atom. The number of benzene rings is 1. The average Bonchev–Trinajstić information content (AvgIpc) is 2.67. The number of ether oxygens (including phenoxy) is 1. The molecule has 1 aromatic carbocycles. The lowest BCUT2D eigenvalue weighted by Gasteiger charge is -2.37. The van der Waals surface area contributed by atoms with Crippen LogP contribution >= 0.6 is 0 Å². The Hall–Kier alpha value is -1.88. The van der Waals surface area contributed by atoms with Crippen molar-refractivity contribution in [3.05, 3.63) is 35.9 Å². The second kappa shape index (κ2) is 8.48. The van der Waals surface area contributed by atoms with Gasteiger partial charge in [0.15, 0.2) is 0 Å². The molecule has 2 saturated heterocycles. The zero-order valence-electron chi connectivity index (χ0n) is 15.0. The van der Waals surface area contributed by atoms with Crippen molar-refractivity contribution in [1.29, 1.82) is 0 Å². The SMILES string of the molecule is CC(=O)N1CCC[C@H](C(=O)N2CCC(OCc3ccccc3)CC2)C1. The molecule has 2 aliphatic heterocycles. The van der Waals surface area contributed by atoms with Crippen LogP contribution in [0.5, 0.6) is 0 Å². The molecule has 136 valence electrons. The topological polar surface area (TPSA) is 49.9 Å². The highest BCUT2D eigenvalue weighted by atomic mass is 16.5. The van der Waals surface area contributed by atoms with Gasteiger partial charge in [-0.05, 0) is 31.2 Å². The van der Waals surface area contributed by atoms with Gasteiger partial charge in [-0.15, -0.1) is 0 Å². The highest BCUT2D eigenvalue weighted by Crippen LogP contribution is 2.22. The van der Waals surface area contributed by atoms with E-state index < -0.39 is 0 Å². The molecular formula is C20H28N2O3. The molecule has 2 amide bonds. The predicted octanol–water partition coefficient (Wildman–Crippen LogP) is 2.45. The Morgan fingerprint density at radius 2 is 1.76 bits per heavy atom. The standard InChI is InChI=1S/C20H28N2O3/c1-16(23)22-11-5-8-18(14-22)20(24)21-12-9-19(10-13-21)25-15-17-6-3-2-4-7-17/h2-4,6-7,18-19H,5,8-15H2,1H3/t18-/m0/s1. The number of amides is 2. The summed E-state index contributed by atoms with van der Waals surface area (Å²) in [5, 5.41) is 0. The zero-order valence-corrected chi connectivity index (χ0v) is 15.0. The molecule has 0 N–H and O–H groups in total. The fraction of sp³-hybridized carbons (Fsp3) is 0.600. The van der Waals surface area contributed by atoms with Crippen LogP contribution in [0.2, 0.25) is 0 Å². The van der Waals surface area contributed by atoms with E-state index in [0.717, 1.165) is 45.3 Å². The number of likely N-dealkylation sites (tertiary alicyclic amines) is 2. The number of carbonyl (C=O) groups is 2. The highest BCUT2D eigenvalue weighted by molar-refractivity contribution is 5.81. The van der Waals surface area contributed by atoms with E-state index in [1.165, 1.54) is 5.56 Å². The second-order valence-corrected chi connectivity index (χ2v) is 7.13. The van der Waals surface area contributed by atoms with Crippen LogP contribution in [0, 0.1) is 5.92 Å². The molecule has 2 fully saturated rings. The van der Waals surface area contributed by atoms with Gasteiger partial charge in [-0.1, -0.05) is 30.3 Å². The number of rotatable bonds is 4. The first-order valence-electron chi connectivity index (χ1n) is 9.33. The van der Waals surface area contributed by atoms with Crippen molar-refractivity contribution in [1.82, 2.24) is 9.80 Å². The molecule has 1 aromatic rings. The highest BCUT2D eigenvalue weighted by Gasteiger charge is 2.32. The van der Waals surface area contributed by atoms with Gasteiger partial charge < -0.3 is 14.5 Å². The van der Waals surface area contributed by atoms with Crippen LogP contribution in [0.25, 0.3) is 0 Å². The number of piperidine rings is 2. The van der Waals surface area contributed by atoms with Crippen LogP contribution < -0.4 is 0 Å². The van der Waals surface area contributed by atoms with Crippen LogP contribution in [-0.2, 0) is 20.9 Å². The molecule has 0 aromatic heterocycles. The number of hydrogen-bond donors (Lipinski definition) is 0. The summed E-state index contributed by atoms with van der Waals surface area (Å²) >= 11 is 0. The van der Waals surface area contributed by atoms with Gasteiger partial charge in [-0.25, -0.2) is 0 Å². The van der Waals surface area contributed by atoms with Crippen molar-refractivity contribution in [3.63, 3.8) is 0 Å². The summed E-state index contributed by atoms with van der Waals surface area (Å²) in [5.41, 5.74) is 1.19. The van der Waals surface area contributed by atoms with Crippen LogP contribution in [0.15, 0.2) is 30.3 Å². The molecule has 2 aliphatic rings. The Balaban J connectivity index is 1.43. The quantitative estimate of drug-likeness (QED) is 0.843. The van der Waals surface area contributed by atoms with E-state index in [4.69, 9.17) is 4.74 Å². The van der Waals surface area contributed by atoms with E-state index >= 15 is 0 Å². The lowest BCUT2D eigenvalue weighted by Crippen LogP contribution is -2.49. The molecule has 0 bridgehead atoms. The smallest absolute Gasteiger partial charge is 0.227 e. The van der Waals surface area contributed by atoms with Crippen LogP contribution in [0.4, 0.5) is 0 Å². The van der Waals surface area contributed by atoms with Gasteiger partial charge >= 0.3 is 0 Å². The Bertz CT molecular complexity index is 582. The van der Waals surface area contributed by atoms with Crippen LogP contribution in [0.3, 0.4) is 0 Å². The maximum Gasteiger partial charge on any atom is 0.227 e. The average molecular weight is 344 g/mol. The molecule has 0 saturated carbocycles. The normalized spacial score (nSPS) is 22.0. The van der Waals surface area contributed by atoms with Crippen LogP contribution in [-0.4, -0.2) is 53.9 Å². The Morgan fingerprint density at radius 3 is 2.44 bits per heavy atom. The Labute approximate surface area is 149 Å². The molecule has 3 rings (SSSR count). The van der Waals surface area contributed by atoms with Gasteiger partial charge in [0.25, 0.3) is 0 Å². The lowest BCUT2D eigenvalue weighted by molar-refractivity contribution is -0.142. The predicted molar refractivity (Wildman–Crippen MR) is 95.8 cm³/mol. The van der Waals surface area contributed by atoms with E-state index in [1.807, 2.05) is 28.0 Å². The molecule has 2 heterocycles. The minimum atomic E-state index is -0.0283. The first-order chi connectivity index (χ1) is 12.1. The minimum absolute atomic E-state index is 0.0283. The van der Waals surface area contributed by atoms with Crippen molar-refractivity contribution in [2.24, 2.45) is 5.92 Å². The van der Waals surface area contributed by atoms with E-state index in [1.54, 1.807) is 6.92 Å². The molecule has 0 unspecified atom stereocenters. The second-order valence-electron chi connectivity index (χ2n) is 7.13.